The van der Waals surface area contributed by atoms with E-state index in [-0.39, 0.29) is 29.1 Å². The van der Waals surface area contributed by atoms with Crippen molar-refractivity contribution in [1.82, 2.24) is 0 Å². The van der Waals surface area contributed by atoms with E-state index in [9.17, 15) is 9.90 Å². The number of carbonyl (C=O) groups excluding carboxylic acids is 1. The van der Waals surface area contributed by atoms with Crippen LogP contribution < -0.4 is 0 Å². The molecule has 2 atom stereocenters. The summed E-state index contributed by atoms with van der Waals surface area (Å²) in [7, 11) is 0. The van der Waals surface area contributed by atoms with Gasteiger partial charge in [-0.3, -0.25) is 4.79 Å². The van der Waals surface area contributed by atoms with Crippen molar-refractivity contribution < 1.29 is 9.90 Å². The van der Waals surface area contributed by atoms with Crippen molar-refractivity contribution in [3.63, 3.8) is 0 Å². The number of nitrogens with zero attached hydrogens (tertiary/aromatic N) is 2. The lowest BCUT2D eigenvalue weighted by Crippen LogP contribution is -2.15. The zero-order chi connectivity index (χ0) is 13.2. The number of allylic oxidation sites excluding steroid dienone is 5. The minimum atomic E-state index is -0.338. The Morgan fingerprint density at radius 3 is 2.32 bits per heavy atom. The highest BCUT2D eigenvalue weighted by Crippen LogP contribution is 2.37. The fourth-order valence-corrected chi connectivity index (χ4v) is 2.26. The molecule has 4 heteroatoms. The Hall–Kier alpha value is -2.49. The third-order valence-corrected chi connectivity index (χ3v) is 3.25. The van der Waals surface area contributed by atoms with Gasteiger partial charge in [0.05, 0.1) is 17.5 Å². The van der Waals surface area contributed by atoms with Gasteiger partial charge in [-0.15, -0.1) is 5.11 Å². The molecule has 2 aliphatic rings. The molecule has 0 amide bonds. The van der Waals surface area contributed by atoms with Gasteiger partial charge in [-0.2, -0.15) is 5.11 Å². The van der Waals surface area contributed by atoms with Gasteiger partial charge in [-0.1, -0.05) is 42.5 Å². The van der Waals surface area contributed by atoms with Crippen LogP contribution in [0.25, 0.3) is 0 Å². The number of hydrogen-bond donors (Lipinski definition) is 1. The Morgan fingerprint density at radius 2 is 1.63 bits per heavy atom. The summed E-state index contributed by atoms with van der Waals surface area (Å²) in [4.78, 5) is 12.1. The molecule has 0 spiro atoms. The van der Waals surface area contributed by atoms with Crippen molar-refractivity contribution in [1.29, 1.82) is 0 Å². The second kappa shape index (κ2) is 4.65. The van der Waals surface area contributed by atoms with Crippen LogP contribution in [-0.2, 0) is 4.79 Å². The van der Waals surface area contributed by atoms with Gasteiger partial charge >= 0.3 is 0 Å². The monoisotopic (exact) mass is 252 g/mol. The van der Waals surface area contributed by atoms with Crippen molar-refractivity contribution in [3.8, 4) is 0 Å². The van der Waals surface area contributed by atoms with Crippen LogP contribution >= 0.6 is 0 Å². The van der Waals surface area contributed by atoms with Crippen molar-refractivity contribution in [2.45, 2.75) is 0 Å². The van der Waals surface area contributed by atoms with Crippen LogP contribution in [-0.4, -0.2) is 10.9 Å². The number of benzene rings is 1. The van der Waals surface area contributed by atoms with E-state index in [4.69, 9.17) is 0 Å². The summed E-state index contributed by atoms with van der Waals surface area (Å²) in [5.41, 5.74) is 0.714. The van der Waals surface area contributed by atoms with Gasteiger partial charge in [0.15, 0.2) is 11.5 Å². The van der Waals surface area contributed by atoms with Crippen LogP contribution in [0.15, 0.2) is 76.3 Å². The second-order valence-electron chi connectivity index (χ2n) is 4.46. The van der Waals surface area contributed by atoms with E-state index in [1.54, 1.807) is 18.2 Å². The topological polar surface area (TPSA) is 62.0 Å². The molecule has 0 aromatic heterocycles. The Labute approximate surface area is 110 Å². The fraction of sp³-hybridized carbons (Fsp3) is 0.133. The quantitative estimate of drug-likeness (QED) is 0.819. The Bertz CT molecular complexity index is 627. The van der Waals surface area contributed by atoms with Crippen LogP contribution in [0.5, 0.6) is 0 Å². The molecule has 0 fully saturated rings. The number of ketones is 1. The molecule has 2 aliphatic carbocycles. The van der Waals surface area contributed by atoms with Crippen LogP contribution in [0, 0.1) is 11.8 Å². The van der Waals surface area contributed by atoms with Gasteiger partial charge in [0, 0.05) is 0 Å². The summed E-state index contributed by atoms with van der Waals surface area (Å²) < 4.78 is 0. The van der Waals surface area contributed by atoms with Crippen LogP contribution in [0.2, 0.25) is 0 Å². The van der Waals surface area contributed by atoms with E-state index < -0.39 is 0 Å². The molecule has 1 aromatic carbocycles. The fourth-order valence-electron chi connectivity index (χ4n) is 2.26. The summed E-state index contributed by atoms with van der Waals surface area (Å²) in [6.45, 7) is 0. The number of Topliss-reactive ketones (excluding diaryl/α,β-unsaturated/α-hetero) is 1. The summed E-state index contributed by atoms with van der Waals surface area (Å²) in [5.74, 6) is -0.796. The Kier molecular flexibility index (Phi) is 2.83. The molecule has 3 rings (SSSR count). The Morgan fingerprint density at radius 1 is 0.947 bits per heavy atom. The minimum absolute atomic E-state index is 0.00952. The molecule has 0 saturated carbocycles. The van der Waals surface area contributed by atoms with Crippen LogP contribution in [0.3, 0.4) is 0 Å². The first-order chi connectivity index (χ1) is 9.27. The zero-order valence-electron chi connectivity index (χ0n) is 10.1. The minimum Gasteiger partial charge on any atom is -0.509 e. The summed E-state index contributed by atoms with van der Waals surface area (Å²) in [6, 6.07) is 9.12. The maximum absolute atomic E-state index is 12.1. The lowest BCUT2D eigenvalue weighted by atomic mass is 9.90. The number of aliphatic hydroxyl groups is 1. The number of rotatable bonds is 2. The predicted octanol–water partition coefficient (Wildman–Crippen LogP) is 3.48. The molecular weight excluding hydrogens is 240 g/mol. The molecule has 0 saturated heterocycles. The number of carbonyl (C=O) groups is 1. The van der Waals surface area contributed by atoms with E-state index in [1.165, 1.54) is 0 Å². The van der Waals surface area contributed by atoms with Crippen LogP contribution in [0.1, 0.15) is 0 Å². The van der Waals surface area contributed by atoms with E-state index in [2.05, 4.69) is 10.2 Å². The lowest BCUT2D eigenvalue weighted by molar-refractivity contribution is -0.117. The number of aliphatic hydroxyl groups excluding tert-OH is 1. The van der Waals surface area contributed by atoms with Crippen molar-refractivity contribution in [2.24, 2.45) is 22.1 Å². The zero-order valence-corrected chi connectivity index (χ0v) is 10.1. The second-order valence-corrected chi connectivity index (χ2v) is 4.46. The molecule has 4 nitrogen and oxygen atoms in total. The molecule has 2 unspecified atom stereocenters. The summed E-state index contributed by atoms with van der Waals surface area (Å²) >= 11 is 0. The van der Waals surface area contributed by atoms with Crippen LogP contribution in [0.4, 0.5) is 5.69 Å². The maximum atomic E-state index is 12.1. The SMILES string of the molecule is O=C1C(N=Nc2ccccc2)=C(O)C2C=CC=CC12. The molecule has 19 heavy (non-hydrogen) atoms. The molecular formula is C15H12N2O2. The Balaban J connectivity index is 1.90. The molecule has 1 aromatic rings. The molecule has 0 radical (unpaired) electrons. The average Bonchev–Trinajstić information content (AvgIpc) is 2.71. The van der Waals surface area contributed by atoms with E-state index >= 15 is 0 Å². The lowest BCUT2D eigenvalue weighted by Gasteiger charge is -2.13. The van der Waals surface area contributed by atoms with Gasteiger partial charge in [0.1, 0.15) is 5.76 Å². The van der Waals surface area contributed by atoms with Gasteiger partial charge in [0.25, 0.3) is 0 Å². The summed E-state index contributed by atoms with van der Waals surface area (Å²) in [6.07, 6.45) is 7.22. The number of azo groups is 1. The third kappa shape index (κ3) is 2.01. The molecule has 0 heterocycles. The molecule has 1 N–H and O–H groups in total. The number of fused-ring (bicyclic) bond motifs is 1. The normalized spacial score (nSPS) is 25.4. The average molecular weight is 252 g/mol. The van der Waals surface area contributed by atoms with Gasteiger partial charge < -0.3 is 5.11 Å². The first-order valence-corrected chi connectivity index (χ1v) is 6.06. The van der Waals surface area contributed by atoms with Crippen molar-refractivity contribution in [2.75, 3.05) is 0 Å². The van der Waals surface area contributed by atoms with E-state index in [0.29, 0.717) is 5.69 Å². The molecule has 0 bridgehead atoms. The highest BCUT2D eigenvalue weighted by molar-refractivity contribution is 6.01. The smallest absolute Gasteiger partial charge is 0.194 e. The summed E-state index contributed by atoms with van der Waals surface area (Å²) in [5, 5.41) is 18.0. The van der Waals surface area contributed by atoms with E-state index in [1.807, 2.05) is 36.4 Å². The third-order valence-electron chi connectivity index (χ3n) is 3.25. The van der Waals surface area contributed by atoms with Gasteiger partial charge in [0.2, 0.25) is 0 Å². The molecule has 94 valence electrons. The molecule has 0 aliphatic heterocycles. The predicted molar refractivity (Wildman–Crippen MR) is 70.9 cm³/mol. The first-order valence-electron chi connectivity index (χ1n) is 6.06. The highest BCUT2D eigenvalue weighted by Gasteiger charge is 2.40. The first kappa shape index (κ1) is 11.6. The van der Waals surface area contributed by atoms with E-state index in [0.717, 1.165) is 0 Å². The van der Waals surface area contributed by atoms with Crippen molar-refractivity contribution in [3.05, 3.63) is 66.1 Å². The largest absolute Gasteiger partial charge is 0.509 e. The highest BCUT2D eigenvalue weighted by atomic mass is 16.3. The maximum Gasteiger partial charge on any atom is 0.194 e. The van der Waals surface area contributed by atoms with Gasteiger partial charge in [-0.25, -0.2) is 0 Å². The standard InChI is InChI=1S/C15H12N2O2/c18-14-11-8-4-5-9-12(11)15(19)13(14)17-16-10-6-2-1-3-7-10/h1-9,11-12,18H. The van der Waals surface area contributed by atoms with Crippen molar-refractivity contribution >= 4 is 11.5 Å². The van der Waals surface area contributed by atoms with Gasteiger partial charge in [-0.05, 0) is 12.1 Å². The number of hydrogen-bond acceptors (Lipinski definition) is 4.